The highest BCUT2D eigenvalue weighted by Gasteiger charge is 2.46. The van der Waals surface area contributed by atoms with Gasteiger partial charge in [0, 0.05) is 25.1 Å². The van der Waals surface area contributed by atoms with Gasteiger partial charge in [-0.05, 0) is 61.5 Å². The average Bonchev–Trinajstić information content (AvgIpc) is 3.35. The van der Waals surface area contributed by atoms with E-state index in [-0.39, 0.29) is 17.4 Å². The molecule has 1 amide bonds. The van der Waals surface area contributed by atoms with Crippen LogP contribution < -0.4 is 9.47 Å². The number of methoxy groups -OCH3 is 1. The lowest BCUT2D eigenvalue weighted by Gasteiger charge is -2.28. The third-order valence-corrected chi connectivity index (χ3v) is 6.69. The van der Waals surface area contributed by atoms with E-state index < -0.39 is 17.7 Å². The second-order valence-electron chi connectivity index (χ2n) is 8.75. The predicted molar refractivity (Wildman–Crippen MR) is 130 cm³/mol. The number of nitrogens with zero attached hydrogens (tertiary/aromatic N) is 2. The first-order valence-electron chi connectivity index (χ1n) is 11.8. The van der Waals surface area contributed by atoms with E-state index in [1.807, 2.05) is 31.2 Å². The number of likely N-dealkylation sites (N-methyl/N-ethyl adjacent to an activating group) is 1. The molecule has 2 aromatic rings. The minimum atomic E-state index is -0.676. The van der Waals surface area contributed by atoms with Gasteiger partial charge in [-0.1, -0.05) is 26.0 Å². The molecule has 1 fully saturated rings. The maximum Gasteiger partial charge on any atom is 0.295 e. The largest absolute Gasteiger partial charge is 0.507 e. The van der Waals surface area contributed by atoms with Crippen LogP contribution in [0.3, 0.4) is 0 Å². The van der Waals surface area contributed by atoms with Crippen LogP contribution in [0, 0.1) is 0 Å². The van der Waals surface area contributed by atoms with Crippen molar-refractivity contribution in [2.45, 2.75) is 39.3 Å². The van der Waals surface area contributed by atoms with E-state index in [9.17, 15) is 14.7 Å². The highest BCUT2D eigenvalue weighted by atomic mass is 16.5. The number of likely N-dealkylation sites (tertiary alicyclic amines) is 1. The zero-order valence-electron chi connectivity index (χ0n) is 20.2. The summed E-state index contributed by atoms with van der Waals surface area (Å²) < 4.78 is 11.0. The molecule has 2 aliphatic heterocycles. The van der Waals surface area contributed by atoms with E-state index in [4.69, 9.17) is 9.47 Å². The Bertz CT molecular complexity index is 1100. The fraction of sp³-hybridized carbons (Fsp3) is 0.407. The van der Waals surface area contributed by atoms with Gasteiger partial charge < -0.3 is 24.4 Å². The number of carbonyl (C=O) groups excluding carboxylic acids is 2. The molecular weight excluding hydrogens is 432 g/mol. The van der Waals surface area contributed by atoms with Crippen LogP contribution in [0.25, 0.3) is 5.76 Å². The smallest absolute Gasteiger partial charge is 0.295 e. The van der Waals surface area contributed by atoms with Crippen molar-refractivity contribution in [3.8, 4) is 11.5 Å². The van der Waals surface area contributed by atoms with Crippen molar-refractivity contribution >= 4 is 17.4 Å². The van der Waals surface area contributed by atoms with Crippen molar-refractivity contribution in [1.29, 1.82) is 0 Å². The number of Topliss-reactive ketones (excluding diaryl/α,β-unsaturated/α-hetero) is 1. The standard InChI is InChI=1S/C27H32N2O5/c1-5-28(6-2)13-14-29-24(18-7-10-21(33-4)11-8-18)23(26(31)27(29)32)25(30)19-9-12-22-20(16-19)15-17(3)34-22/h7-12,16-17,24,30H,5-6,13-15H2,1-4H3/b25-23+/t17-,24-/m0/s1. The lowest BCUT2D eigenvalue weighted by atomic mass is 9.94. The van der Waals surface area contributed by atoms with Crippen LogP contribution in [0.4, 0.5) is 0 Å². The Labute approximate surface area is 200 Å². The van der Waals surface area contributed by atoms with Gasteiger partial charge in [0.05, 0.1) is 18.7 Å². The Kier molecular flexibility index (Phi) is 6.93. The zero-order valence-corrected chi connectivity index (χ0v) is 20.2. The van der Waals surface area contributed by atoms with Gasteiger partial charge >= 0.3 is 0 Å². The molecule has 0 unspecified atom stereocenters. The fourth-order valence-corrected chi connectivity index (χ4v) is 4.76. The molecule has 1 N–H and O–H groups in total. The van der Waals surface area contributed by atoms with Crippen molar-refractivity contribution in [1.82, 2.24) is 9.80 Å². The van der Waals surface area contributed by atoms with Gasteiger partial charge in [0.2, 0.25) is 0 Å². The maximum absolute atomic E-state index is 13.2. The molecule has 180 valence electrons. The summed E-state index contributed by atoms with van der Waals surface area (Å²) >= 11 is 0. The Balaban J connectivity index is 1.77. The lowest BCUT2D eigenvalue weighted by molar-refractivity contribution is -0.140. The second kappa shape index (κ2) is 9.89. The monoisotopic (exact) mass is 464 g/mol. The van der Waals surface area contributed by atoms with Crippen LogP contribution in [-0.2, 0) is 16.0 Å². The number of benzene rings is 2. The molecule has 2 atom stereocenters. The molecule has 0 spiro atoms. The van der Waals surface area contributed by atoms with Crippen molar-refractivity contribution in [2.24, 2.45) is 0 Å². The summed E-state index contributed by atoms with van der Waals surface area (Å²) in [5, 5.41) is 11.3. The van der Waals surface area contributed by atoms with Crippen molar-refractivity contribution in [2.75, 3.05) is 33.3 Å². The van der Waals surface area contributed by atoms with Crippen LogP contribution >= 0.6 is 0 Å². The fourth-order valence-electron chi connectivity index (χ4n) is 4.76. The quantitative estimate of drug-likeness (QED) is 0.364. The molecule has 7 heteroatoms. The number of fused-ring (bicyclic) bond motifs is 1. The first-order chi connectivity index (χ1) is 16.4. The first-order valence-corrected chi connectivity index (χ1v) is 11.8. The Morgan fingerprint density at radius 1 is 1.15 bits per heavy atom. The van der Waals surface area contributed by atoms with Gasteiger partial charge in [-0.3, -0.25) is 9.59 Å². The molecule has 0 aromatic heterocycles. The highest BCUT2D eigenvalue weighted by Crippen LogP contribution is 2.40. The number of aliphatic hydroxyl groups is 1. The van der Waals surface area contributed by atoms with Gasteiger partial charge in [-0.15, -0.1) is 0 Å². The number of rotatable bonds is 8. The SMILES string of the molecule is CCN(CC)CCN1C(=O)C(=O)/C(=C(/O)c2ccc3c(c2)C[C@H](C)O3)[C@@H]1c1ccc(OC)cc1. The normalized spacial score (nSPS) is 21.1. The summed E-state index contributed by atoms with van der Waals surface area (Å²) in [5.74, 6) is 0.0505. The first kappa shape index (κ1) is 23.8. The van der Waals surface area contributed by atoms with E-state index in [2.05, 4.69) is 18.7 Å². The van der Waals surface area contributed by atoms with Crippen LogP contribution in [0.1, 0.15) is 43.5 Å². The molecule has 2 heterocycles. The summed E-state index contributed by atoms with van der Waals surface area (Å²) in [6.07, 6.45) is 0.800. The Morgan fingerprint density at radius 3 is 2.50 bits per heavy atom. The predicted octanol–water partition coefficient (Wildman–Crippen LogP) is 3.78. The molecule has 4 rings (SSSR count). The third-order valence-electron chi connectivity index (χ3n) is 6.69. The van der Waals surface area contributed by atoms with Crippen LogP contribution in [0.2, 0.25) is 0 Å². The van der Waals surface area contributed by atoms with Gasteiger partial charge in [-0.25, -0.2) is 0 Å². The molecule has 7 nitrogen and oxygen atoms in total. The Hall–Kier alpha value is -3.32. The van der Waals surface area contributed by atoms with E-state index >= 15 is 0 Å². The molecule has 2 aliphatic rings. The lowest BCUT2D eigenvalue weighted by Crippen LogP contribution is -2.38. The van der Waals surface area contributed by atoms with E-state index in [0.29, 0.717) is 24.4 Å². The number of hydrogen-bond acceptors (Lipinski definition) is 6. The molecule has 2 aromatic carbocycles. The minimum absolute atomic E-state index is 0.0670. The zero-order chi connectivity index (χ0) is 24.4. The van der Waals surface area contributed by atoms with E-state index in [1.165, 1.54) is 0 Å². The molecule has 0 bridgehead atoms. The van der Waals surface area contributed by atoms with Crippen molar-refractivity contribution in [3.05, 3.63) is 64.7 Å². The number of amides is 1. The number of hydrogen-bond donors (Lipinski definition) is 1. The second-order valence-corrected chi connectivity index (χ2v) is 8.75. The van der Waals surface area contributed by atoms with Gasteiger partial charge in [0.25, 0.3) is 11.7 Å². The Morgan fingerprint density at radius 2 is 1.85 bits per heavy atom. The van der Waals surface area contributed by atoms with Gasteiger partial charge in [-0.2, -0.15) is 0 Å². The molecule has 0 aliphatic carbocycles. The topological polar surface area (TPSA) is 79.3 Å². The number of aliphatic hydroxyl groups excluding tert-OH is 1. The molecule has 1 saturated heterocycles. The van der Waals surface area contributed by atoms with E-state index in [0.717, 1.165) is 36.4 Å². The summed E-state index contributed by atoms with van der Waals surface area (Å²) in [5.41, 5.74) is 2.35. The summed E-state index contributed by atoms with van der Waals surface area (Å²) in [6.45, 7) is 8.85. The molecule has 0 radical (unpaired) electrons. The average molecular weight is 465 g/mol. The van der Waals surface area contributed by atoms with Crippen LogP contribution in [-0.4, -0.2) is 66.0 Å². The van der Waals surface area contributed by atoms with Crippen LogP contribution in [0.5, 0.6) is 11.5 Å². The number of carbonyl (C=O) groups is 2. The summed E-state index contributed by atoms with van der Waals surface area (Å²) in [7, 11) is 1.59. The van der Waals surface area contributed by atoms with E-state index in [1.54, 1.807) is 30.2 Å². The van der Waals surface area contributed by atoms with Crippen molar-refractivity contribution < 1.29 is 24.2 Å². The summed E-state index contributed by atoms with van der Waals surface area (Å²) in [4.78, 5) is 30.2. The maximum atomic E-state index is 13.2. The van der Waals surface area contributed by atoms with Gasteiger partial charge in [0.1, 0.15) is 23.4 Å². The molecule has 0 saturated carbocycles. The minimum Gasteiger partial charge on any atom is -0.507 e. The summed E-state index contributed by atoms with van der Waals surface area (Å²) in [6, 6.07) is 12.0. The van der Waals surface area contributed by atoms with Crippen LogP contribution in [0.15, 0.2) is 48.0 Å². The highest BCUT2D eigenvalue weighted by molar-refractivity contribution is 6.46. The van der Waals surface area contributed by atoms with Gasteiger partial charge in [0.15, 0.2) is 0 Å². The molecule has 34 heavy (non-hydrogen) atoms. The van der Waals surface area contributed by atoms with Crippen molar-refractivity contribution in [3.63, 3.8) is 0 Å². The number of ether oxygens (including phenoxy) is 2. The number of ketones is 1. The third kappa shape index (κ3) is 4.40. The molecular formula is C27H32N2O5.